The van der Waals surface area contributed by atoms with Crippen LogP contribution in [0.15, 0.2) is 17.0 Å². The van der Waals surface area contributed by atoms with E-state index in [9.17, 15) is 0 Å². The van der Waals surface area contributed by atoms with Gasteiger partial charge in [0.15, 0.2) is 0 Å². The van der Waals surface area contributed by atoms with Crippen molar-refractivity contribution in [3.63, 3.8) is 0 Å². The summed E-state index contributed by atoms with van der Waals surface area (Å²) in [7, 11) is -1.03. The summed E-state index contributed by atoms with van der Waals surface area (Å²) < 4.78 is 0. The summed E-state index contributed by atoms with van der Waals surface area (Å²) in [5.41, 5.74) is 6.36. The Bertz CT molecular complexity index is 115. The minimum absolute atomic E-state index is 1.03. The van der Waals surface area contributed by atoms with E-state index in [0.29, 0.717) is 0 Å². The van der Waals surface area contributed by atoms with Gasteiger partial charge in [0.25, 0.3) is 0 Å². The van der Waals surface area contributed by atoms with Crippen LogP contribution in [-0.2, 0) is 0 Å². The van der Waals surface area contributed by atoms with Crippen LogP contribution in [0.1, 0.15) is 0 Å². The first kappa shape index (κ1) is 8.03. The molecule has 0 aromatic heterocycles. The minimum atomic E-state index is -1.03. The zero-order chi connectivity index (χ0) is 6.62. The quantitative estimate of drug-likeness (QED) is 0.394. The van der Waals surface area contributed by atoms with Crippen molar-refractivity contribution in [2.24, 2.45) is 0 Å². The van der Waals surface area contributed by atoms with Crippen LogP contribution in [0.3, 0.4) is 0 Å². The molecule has 0 aromatic carbocycles. The molecule has 0 aromatic rings. The molecule has 0 amide bonds. The number of hydrogen-bond donors (Lipinski definition) is 0. The Balaban J connectivity index is 3.89. The molecule has 0 aliphatic heterocycles. The molecule has 0 saturated carbocycles. The van der Waals surface area contributed by atoms with Gasteiger partial charge in [-0.05, 0) is 0 Å². The lowest BCUT2D eigenvalue weighted by Crippen LogP contribution is -2.14. The summed E-state index contributed by atoms with van der Waals surface area (Å²) in [4.78, 5) is 0. The molecule has 0 unspecified atom stereocenters. The molecule has 0 spiro atoms. The van der Waals surface area contributed by atoms with Gasteiger partial charge in [-0.25, -0.2) is 0 Å². The molecule has 46 valence electrons. The molecular formula is C6H11ClSi. The van der Waals surface area contributed by atoms with Crippen LogP contribution < -0.4 is 0 Å². The molecule has 0 radical (unpaired) electrons. The summed E-state index contributed by atoms with van der Waals surface area (Å²) >= 11 is 5.26. The van der Waals surface area contributed by atoms with Gasteiger partial charge >= 0.3 is 0 Å². The zero-order valence-corrected chi connectivity index (χ0v) is 7.29. The van der Waals surface area contributed by atoms with Crippen LogP contribution in [0.25, 0.3) is 0 Å². The highest BCUT2D eigenvalue weighted by atomic mass is 35.5. The average Bonchev–Trinajstić information content (AvgIpc) is 1.59. The van der Waals surface area contributed by atoms with E-state index in [1.54, 1.807) is 0 Å². The van der Waals surface area contributed by atoms with E-state index in [-0.39, 0.29) is 0 Å². The molecule has 0 fully saturated rings. The Labute approximate surface area is 56.9 Å². The zero-order valence-electron chi connectivity index (χ0n) is 5.53. The van der Waals surface area contributed by atoms with Gasteiger partial charge in [0.2, 0.25) is 0 Å². The maximum absolute atomic E-state index is 5.26. The smallest absolute Gasteiger partial charge is 0.0782 e. The van der Waals surface area contributed by atoms with Gasteiger partial charge in [-0.3, -0.25) is 0 Å². The van der Waals surface area contributed by atoms with Crippen molar-refractivity contribution >= 4 is 19.7 Å². The van der Waals surface area contributed by atoms with E-state index in [2.05, 4.69) is 31.1 Å². The lowest BCUT2D eigenvalue weighted by molar-refractivity contribution is 1.77. The third-order valence-corrected chi connectivity index (χ3v) is 1.74. The van der Waals surface area contributed by atoms with Crippen LogP contribution in [0, 0.1) is 0 Å². The highest BCUT2D eigenvalue weighted by molar-refractivity contribution is 6.80. The SMILES string of the molecule is C[Si](C)(C)C=C=CCl. The summed E-state index contributed by atoms with van der Waals surface area (Å²) in [5.74, 6) is 0. The second-order valence-electron chi connectivity index (χ2n) is 2.79. The van der Waals surface area contributed by atoms with Gasteiger partial charge in [-0.15, -0.1) is 5.73 Å². The third-order valence-electron chi connectivity index (χ3n) is 0.579. The van der Waals surface area contributed by atoms with Crippen LogP contribution in [0.2, 0.25) is 19.6 Å². The first-order valence-electron chi connectivity index (χ1n) is 2.58. The fourth-order valence-corrected chi connectivity index (χ4v) is 1.03. The van der Waals surface area contributed by atoms with Crippen molar-refractivity contribution in [2.45, 2.75) is 19.6 Å². The second kappa shape index (κ2) is 3.13. The van der Waals surface area contributed by atoms with Crippen LogP contribution in [0.4, 0.5) is 0 Å². The van der Waals surface area contributed by atoms with Gasteiger partial charge in [0.1, 0.15) is 0 Å². The molecule has 0 heterocycles. The molecule has 0 bridgehead atoms. The summed E-state index contributed by atoms with van der Waals surface area (Å²) in [6, 6.07) is 0. The lowest BCUT2D eigenvalue weighted by atomic mass is 11.0. The Morgan fingerprint density at radius 1 is 1.38 bits per heavy atom. The highest BCUT2D eigenvalue weighted by Gasteiger charge is 2.05. The van der Waals surface area contributed by atoms with E-state index >= 15 is 0 Å². The summed E-state index contributed by atoms with van der Waals surface area (Å²) in [5, 5.41) is 0. The summed E-state index contributed by atoms with van der Waals surface area (Å²) in [6.07, 6.45) is 0. The van der Waals surface area contributed by atoms with Crippen molar-refractivity contribution in [3.05, 3.63) is 17.0 Å². The van der Waals surface area contributed by atoms with E-state index in [1.807, 2.05) is 0 Å². The average molecular weight is 147 g/mol. The number of hydrogen-bond acceptors (Lipinski definition) is 0. The maximum atomic E-state index is 5.26. The van der Waals surface area contributed by atoms with Crippen LogP contribution in [0.5, 0.6) is 0 Å². The minimum Gasteiger partial charge on any atom is -0.117 e. The number of rotatable bonds is 1. The molecule has 0 saturated heterocycles. The van der Waals surface area contributed by atoms with Gasteiger partial charge in [-0.2, -0.15) is 0 Å². The Morgan fingerprint density at radius 3 is 2.00 bits per heavy atom. The largest absolute Gasteiger partial charge is 0.117 e. The molecule has 0 aliphatic rings. The molecule has 0 nitrogen and oxygen atoms in total. The normalized spacial score (nSPS) is 10.0. The van der Waals surface area contributed by atoms with Gasteiger partial charge in [0, 0.05) is 5.54 Å². The topological polar surface area (TPSA) is 0 Å². The molecular weight excluding hydrogens is 136 g/mol. The highest BCUT2D eigenvalue weighted by Crippen LogP contribution is 1.99. The Morgan fingerprint density at radius 2 is 1.88 bits per heavy atom. The standard InChI is InChI=1S/C6H11ClSi/c1-8(2,3)6-4-5-7/h5-6H,1-3H3. The van der Waals surface area contributed by atoms with Gasteiger partial charge in [-0.1, -0.05) is 36.9 Å². The maximum Gasteiger partial charge on any atom is 0.0782 e. The van der Waals surface area contributed by atoms with Crippen molar-refractivity contribution in [1.29, 1.82) is 0 Å². The summed E-state index contributed by atoms with van der Waals surface area (Å²) in [6.45, 7) is 6.71. The lowest BCUT2D eigenvalue weighted by Gasteiger charge is -2.04. The number of halogens is 1. The Kier molecular flexibility index (Phi) is 3.14. The predicted molar refractivity (Wildman–Crippen MR) is 41.9 cm³/mol. The third kappa shape index (κ3) is 6.03. The molecule has 2 heteroatoms. The molecule has 0 rings (SSSR count). The predicted octanol–water partition coefficient (Wildman–Crippen LogP) is 2.77. The first-order chi connectivity index (χ1) is 3.56. The van der Waals surface area contributed by atoms with Gasteiger partial charge in [0.05, 0.1) is 8.07 Å². The fourth-order valence-electron chi connectivity index (χ4n) is 0.281. The van der Waals surface area contributed by atoms with Crippen LogP contribution >= 0.6 is 11.6 Å². The molecule has 8 heavy (non-hydrogen) atoms. The second-order valence-corrected chi connectivity index (χ2v) is 8.03. The monoisotopic (exact) mass is 146 g/mol. The van der Waals surface area contributed by atoms with Crippen molar-refractivity contribution in [2.75, 3.05) is 0 Å². The van der Waals surface area contributed by atoms with Gasteiger partial charge < -0.3 is 0 Å². The fraction of sp³-hybridized carbons (Fsp3) is 0.500. The van der Waals surface area contributed by atoms with E-state index in [1.165, 1.54) is 5.54 Å². The van der Waals surface area contributed by atoms with Crippen molar-refractivity contribution < 1.29 is 0 Å². The van der Waals surface area contributed by atoms with Crippen molar-refractivity contribution in [1.82, 2.24) is 0 Å². The molecule has 0 atom stereocenters. The molecule has 0 N–H and O–H groups in total. The Hall–Kier alpha value is 0.0269. The van der Waals surface area contributed by atoms with Crippen molar-refractivity contribution in [3.8, 4) is 0 Å². The first-order valence-corrected chi connectivity index (χ1v) is 6.60. The molecule has 0 aliphatic carbocycles. The van der Waals surface area contributed by atoms with E-state index in [0.717, 1.165) is 0 Å². The van der Waals surface area contributed by atoms with Crippen LogP contribution in [-0.4, -0.2) is 8.07 Å². The van der Waals surface area contributed by atoms with E-state index < -0.39 is 8.07 Å². The van der Waals surface area contributed by atoms with E-state index in [4.69, 9.17) is 11.6 Å².